The van der Waals surface area contributed by atoms with Gasteiger partial charge in [0.05, 0.1) is 0 Å². The molecule has 140 valence electrons. The molecule has 0 saturated heterocycles. The van der Waals surface area contributed by atoms with Gasteiger partial charge in [-0.2, -0.15) is 0 Å². The third kappa shape index (κ3) is 4.26. The number of aromatic amines is 1. The monoisotopic (exact) mass is 387 g/mol. The Labute approximate surface area is 170 Å². The van der Waals surface area contributed by atoms with Crippen LogP contribution in [-0.2, 0) is 6.42 Å². The molecule has 0 unspecified atom stereocenters. The molecular weight excluding hydrogens is 366 g/mol. The summed E-state index contributed by atoms with van der Waals surface area (Å²) in [4.78, 5) is 8.09. The number of rotatable bonds is 6. The summed E-state index contributed by atoms with van der Waals surface area (Å²) in [5.74, 6) is 0. The quantitative estimate of drug-likeness (QED) is 0.359. The molecule has 4 heteroatoms. The van der Waals surface area contributed by atoms with Crippen LogP contribution in [0.15, 0.2) is 84.0 Å². The van der Waals surface area contributed by atoms with Gasteiger partial charge < -0.3 is 10.3 Å². The van der Waals surface area contributed by atoms with E-state index in [9.17, 15) is 0 Å². The molecular formula is C24H22ClN3. The molecule has 4 aromatic rings. The minimum absolute atomic E-state index is 0.738. The summed E-state index contributed by atoms with van der Waals surface area (Å²) in [6.07, 6.45) is 2.93. The van der Waals surface area contributed by atoms with Crippen LogP contribution in [0.2, 0.25) is 5.02 Å². The minimum atomic E-state index is 0.738. The number of para-hydroxylation sites is 1. The summed E-state index contributed by atoms with van der Waals surface area (Å²) in [6, 6.07) is 24.5. The summed E-state index contributed by atoms with van der Waals surface area (Å²) < 4.78 is 0. The van der Waals surface area contributed by atoms with Crippen LogP contribution >= 0.6 is 11.6 Å². The second-order valence-corrected chi connectivity index (χ2v) is 7.23. The third-order valence-corrected chi connectivity index (χ3v) is 5.04. The number of aliphatic imine (C=N–C) groups is 1. The normalized spacial score (nSPS) is 11.7. The lowest BCUT2D eigenvalue weighted by Crippen LogP contribution is -1.99. The molecule has 0 atom stereocenters. The van der Waals surface area contributed by atoms with Crippen molar-refractivity contribution in [1.29, 1.82) is 0 Å². The predicted octanol–water partition coefficient (Wildman–Crippen LogP) is 6.62. The Balaban J connectivity index is 1.45. The molecule has 1 heterocycles. The van der Waals surface area contributed by atoms with Crippen LogP contribution in [0.25, 0.3) is 10.9 Å². The van der Waals surface area contributed by atoms with Crippen LogP contribution in [0.4, 0.5) is 11.4 Å². The lowest BCUT2D eigenvalue weighted by Gasteiger charge is -2.08. The molecule has 2 N–H and O–H groups in total. The molecule has 0 fully saturated rings. The van der Waals surface area contributed by atoms with E-state index in [1.807, 2.05) is 36.4 Å². The number of aromatic nitrogens is 1. The van der Waals surface area contributed by atoms with Crippen LogP contribution in [0.3, 0.4) is 0 Å². The molecule has 3 aromatic carbocycles. The zero-order valence-corrected chi connectivity index (χ0v) is 16.5. The zero-order valence-electron chi connectivity index (χ0n) is 15.7. The standard InChI is InChI=1S/C24H22ClN3/c1-17(18-6-5-9-22(14-18)28-21-7-3-2-4-8-21)26-13-12-19-16-27-24-11-10-20(25)15-23(19)24/h2-11,14-16,27-28H,12-13H2,1H3. The molecule has 0 bridgehead atoms. The van der Waals surface area contributed by atoms with Crippen molar-refractivity contribution in [1.82, 2.24) is 4.98 Å². The van der Waals surface area contributed by atoms with Crippen molar-refractivity contribution >= 4 is 39.6 Å². The highest BCUT2D eigenvalue weighted by atomic mass is 35.5. The van der Waals surface area contributed by atoms with Gasteiger partial charge in [-0.25, -0.2) is 0 Å². The fraction of sp³-hybridized carbons (Fsp3) is 0.125. The number of benzene rings is 3. The Morgan fingerprint density at radius 1 is 0.964 bits per heavy atom. The average Bonchev–Trinajstić information content (AvgIpc) is 3.11. The summed E-state index contributed by atoms with van der Waals surface area (Å²) in [5, 5.41) is 5.37. The Hall–Kier alpha value is -3.04. The molecule has 28 heavy (non-hydrogen) atoms. The van der Waals surface area contributed by atoms with Gasteiger partial charge in [0.25, 0.3) is 0 Å². The molecule has 0 aliphatic rings. The molecule has 0 aliphatic heterocycles. The highest BCUT2D eigenvalue weighted by Crippen LogP contribution is 2.23. The first kappa shape index (κ1) is 18.3. The minimum Gasteiger partial charge on any atom is -0.361 e. The van der Waals surface area contributed by atoms with E-state index in [1.165, 1.54) is 10.9 Å². The van der Waals surface area contributed by atoms with Gasteiger partial charge in [-0.1, -0.05) is 41.9 Å². The zero-order chi connectivity index (χ0) is 19.3. The molecule has 0 saturated carbocycles. The average molecular weight is 388 g/mol. The van der Waals surface area contributed by atoms with Crippen molar-refractivity contribution in [3.8, 4) is 0 Å². The molecule has 0 aliphatic carbocycles. The van der Waals surface area contributed by atoms with Crippen molar-refractivity contribution in [3.05, 3.63) is 95.1 Å². The first-order chi connectivity index (χ1) is 13.7. The van der Waals surface area contributed by atoms with E-state index in [-0.39, 0.29) is 0 Å². The van der Waals surface area contributed by atoms with Gasteiger partial charge in [0.15, 0.2) is 0 Å². The molecule has 0 radical (unpaired) electrons. The number of anilines is 2. The van der Waals surface area contributed by atoms with Gasteiger partial charge in [-0.3, -0.25) is 4.99 Å². The lowest BCUT2D eigenvalue weighted by molar-refractivity contribution is 0.974. The van der Waals surface area contributed by atoms with Crippen LogP contribution in [0.1, 0.15) is 18.1 Å². The van der Waals surface area contributed by atoms with Gasteiger partial charge in [-0.05, 0) is 66.9 Å². The fourth-order valence-corrected chi connectivity index (χ4v) is 3.48. The maximum atomic E-state index is 6.14. The summed E-state index contributed by atoms with van der Waals surface area (Å²) in [5.41, 5.74) is 6.66. The van der Waals surface area contributed by atoms with Crippen molar-refractivity contribution in [2.75, 3.05) is 11.9 Å². The van der Waals surface area contributed by atoms with Crippen LogP contribution < -0.4 is 5.32 Å². The van der Waals surface area contributed by atoms with Gasteiger partial charge in [0, 0.05) is 45.8 Å². The van der Waals surface area contributed by atoms with Crippen LogP contribution in [0.5, 0.6) is 0 Å². The Morgan fingerprint density at radius 3 is 2.64 bits per heavy atom. The fourth-order valence-electron chi connectivity index (χ4n) is 3.30. The number of nitrogens with one attached hydrogen (secondary N) is 2. The van der Waals surface area contributed by atoms with Crippen molar-refractivity contribution < 1.29 is 0 Å². The number of hydrogen-bond acceptors (Lipinski definition) is 2. The second kappa shape index (κ2) is 8.32. The van der Waals surface area contributed by atoms with Gasteiger partial charge in [0.1, 0.15) is 0 Å². The Bertz CT molecular complexity index is 1110. The lowest BCUT2D eigenvalue weighted by atomic mass is 10.1. The number of halogens is 1. The summed E-state index contributed by atoms with van der Waals surface area (Å²) in [6.45, 7) is 2.80. The topological polar surface area (TPSA) is 40.2 Å². The highest BCUT2D eigenvalue weighted by Gasteiger charge is 2.05. The van der Waals surface area contributed by atoms with Crippen LogP contribution in [0, 0.1) is 0 Å². The van der Waals surface area contributed by atoms with E-state index in [0.717, 1.165) is 46.2 Å². The van der Waals surface area contributed by atoms with Crippen molar-refractivity contribution in [2.24, 2.45) is 4.99 Å². The predicted molar refractivity (Wildman–Crippen MR) is 120 cm³/mol. The molecule has 0 amide bonds. The first-order valence-electron chi connectivity index (χ1n) is 9.38. The maximum Gasteiger partial charge on any atom is 0.0457 e. The van der Waals surface area contributed by atoms with E-state index >= 15 is 0 Å². The Morgan fingerprint density at radius 2 is 1.79 bits per heavy atom. The molecule has 4 rings (SSSR count). The van der Waals surface area contributed by atoms with E-state index in [2.05, 4.69) is 59.8 Å². The number of nitrogens with zero attached hydrogens (tertiary/aromatic N) is 1. The van der Waals surface area contributed by atoms with Crippen molar-refractivity contribution in [2.45, 2.75) is 13.3 Å². The van der Waals surface area contributed by atoms with E-state index in [1.54, 1.807) is 0 Å². The smallest absolute Gasteiger partial charge is 0.0457 e. The summed E-state index contributed by atoms with van der Waals surface area (Å²) in [7, 11) is 0. The highest BCUT2D eigenvalue weighted by molar-refractivity contribution is 6.31. The van der Waals surface area contributed by atoms with E-state index in [4.69, 9.17) is 16.6 Å². The second-order valence-electron chi connectivity index (χ2n) is 6.79. The van der Waals surface area contributed by atoms with Crippen molar-refractivity contribution in [3.63, 3.8) is 0 Å². The SMILES string of the molecule is CC(=NCCc1c[nH]c2ccc(Cl)cc12)c1cccc(Nc2ccccc2)c1. The number of hydrogen-bond donors (Lipinski definition) is 2. The molecule has 3 nitrogen and oxygen atoms in total. The number of fused-ring (bicyclic) bond motifs is 1. The van der Waals surface area contributed by atoms with Gasteiger partial charge in [-0.15, -0.1) is 0 Å². The number of H-pyrrole nitrogens is 1. The van der Waals surface area contributed by atoms with Gasteiger partial charge >= 0.3 is 0 Å². The summed E-state index contributed by atoms with van der Waals surface area (Å²) >= 11 is 6.14. The first-order valence-corrected chi connectivity index (χ1v) is 9.76. The Kier molecular flexibility index (Phi) is 5.45. The molecule has 0 spiro atoms. The molecule has 1 aromatic heterocycles. The van der Waals surface area contributed by atoms with E-state index < -0.39 is 0 Å². The van der Waals surface area contributed by atoms with Gasteiger partial charge in [0.2, 0.25) is 0 Å². The maximum absolute atomic E-state index is 6.14. The third-order valence-electron chi connectivity index (χ3n) is 4.80. The van der Waals surface area contributed by atoms with E-state index in [0.29, 0.717) is 0 Å². The van der Waals surface area contributed by atoms with Crippen LogP contribution in [-0.4, -0.2) is 17.2 Å². The largest absolute Gasteiger partial charge is 0.361 e.